The zero-order valence-electron chi connectivity index (χ0n) is 8.60. The fraction of sp³-hybridized carbons (Fsp3) is 0.300. The van der Waals surface area contributed by atoms with Crippen LogP contribution in [0.3, 0.4) is 0 Å². The minimum absolute atomic E-state index is 0.152. The summed E-state index contributed by atoms with van der Waals surface area (Å²) in [6.45, 7) is 0.173. The van der Waals surface area contributed by atoms with Crippen LogP contribution < -0.4 is 0 Å². The highest BCUT2D eigenvalue weighted by atomic mass is 16.4. The number of likely N-dealkylation sites (N-methyl/N-ethyl adjacent to an activating group) is 1. The summed E-state index contributed by atoms with van der Waals surface area (Å²) in [6.07, 6.45) is 1.36. The Hall–Kier alpha value is -1.75. The molecule has 1 N–H and O–H groups in total. The van der Waals surface area contributed by atoms with Gasteiger partial charge in [0.15, 0.2) is 11.5 Å². The summed E-state index contributed by atoms with van der Waals surface area (Å²) in [5, 5.41) is 8.82. The van der Waals surface area contributed by atoms with Crippen LogP contribution in [0.2, 0.25) is 0 Å². The second-order valence-electron chi connectivity index (χ2n) is 3.37. The van der Waals surface area contributed by atoms with E-state index in [4.69, 9.17) is 5.11 Å². The molecule has 1 aromatic rings. The van der Waals surface area contributed by atoms with Crippen LogP contribution in [0.25, 0.3) is 0 Å². The number of ketones is 1. The molecule has 0 atom stereocenters. The molecule has 0 radical (unpaired) electrons. The molecule has 0 saturated carbocycles. The summed E-state index contributed by atoms with van der Waals surface area (Å²) < 4.78 is 0. The third-order valence-electron chi connectivity index (χ3n) is 1.77. The maximum atomic E-state index is 11.6. The molecule has 5 heteroatoms. The quantitative estimate of drug-likeness (QED) is 0.730. The van der Waals surface area contributed by atoms with Crippen molar-refractivity contribution in [1.29, 1.82) is 0 Å². The molecule has 1 heterocycles. The highest BCUT2D eigenvalue weighted by Gasteiger charge is 2.17. The number of Topliss-reactive ketones (excluding diaryl/α,β-unsaturated/α-hetero) is 1. The van der Waals surface area contributed by atoms with Crippen LogP contribution in [0.1, 0.15) is 20.8 Å². The second kappa shape index (κ2) is 4.65. The lowest BCUT2D eigenvalue weighted by atomic mass is 10.1. The van der Waals surface area contributed by atoms with E-state index in [9.17, 15) is 9.59 Å². The molecule has 0 unspecified atom stereocenters. The molecule has 5 nitrogen and oxygen atoms in total. The number of carboxylic acids is 1. The Labute approximate surface area is 87.4 Å². The van der Waals surface area contributed by atoms with Gasteiger partial charge in [-0.3, -0.25) is 4.79 Å². The minimum atomic E-state index is -1.18. The fourth-order valence-electron chi connectivity index (χ4n) is 1.17. The fourth-order valence-corrected chi connectivity index (χ4v) is 1.17. The molecule has 15 heavy (non-hydrogen) atoms. The van der Waals surface area contributed by atoms with Gasteiger partial charge in [0.2, 0.25) is 0 Å². The number of pyridine rings is 1. The molecule has 0 spiro atoms. The van der Waals surface area contributed by atoms with Gasteiger partial charge in [-0.15, -0.1) is 0 Å². The Morgan fingerprint density at radius 2 is 2.13 bits per heavy atom. The average molecular weight is 208 g/mol. The molecule has 0 aliphatic rings. The Balaban J connectivity index is 3.03. The molecular weight excluding hydrogens is 196 g/mol. The molecule has 0 fully saturated rings. The topological polar surface area (TPSA) is 70.5 Å². The van der Waals surface area contributed by atoms with Gasteiger partial charge in [0, 0.05) is 6.20 Å². The van der Waals surface area contributed by atoms with Crippen LogP contribution in [0.15, 0.2) is 18.3 Å². The maximum absolute atomic E-state index is 11.6. The minimum Gasteiger partial charge on any atom is -0.476 e. The standard InChI is InChI=1S/C10H12N2O3/c1-12(2)6-8(13)7-4-3-5-11-9(7)10(14)15/h3-5H,6H2,1-2H3,(H,14,15). The van der Waals surface area contributed by atoms with Gasteiger partial charge in [-0.2, -0.15) is 0 Å². The van der Waals surface area contributed by atoms with Crippen molar-refractivity contribution in [3.05, 3.63) is 29.6 Å². The molecule has 1 aromatic heterocycles. The predicted octanol–water partition coefficient (Wildman–Crippen LogP) is 0.524. The smallest absolute Gasteiger partial charge is 0.355 e. The highest BCUT2D eigenvalue weighted by Crippen LogP contribution is 2.06. The SMILES string of the molecule is CN(C)CC(=O)c1cccnc1C(=O)O. The van der Waals surface area contributed by atoms with E-state index in [1.165, 1.54) is 12.3 Å². The van der Waals surface area contributed by atoms with E-state index in [-0.39, 0.29) is 23.6 Å². The van der Waals surface area contributed by atoms with Gasteiger partial charge in [-0.05, 0) is 26.2 Å². The highest BCUT2D eigenvalue weighted by molar-refractivity contribution is 6.05. The monoisotopic (exact) mass is 208 g/mol. The molecule has 1 rings (SSSR count). The van der Waals surface area contributed by atoms with E-state index in [2.05, 4.69) is 4.98 Å². The molecular formula is C10H12N2O3. The molecule has 0 aliphatic carbocycles. The summed E-state index contributed by atoms with van der Waals surface area (Å²) in [6, 6.07) is 3.03. The van der Waals surface area contributed by atoms with Gasteiger partial charge in [0.05, 0.1) is 12.1 Å². The molecule has 0 aliphatic heterocycles. The van der Waals surface area contributed by atoms with Crippen molar-refractivity contribution in [1.82, 2.24) is 9.88 Å². The summed E-state index contributed by atoms with van der Waals surface area (Å²) >= 11 is 0. The van der Waals surface area contributed by atoms with Crippen LogP contribution >= 0.6 is 0 Å². The lowest BCUT2D eigenvalue weighted by Crippen LogP contribution is -2.23. The third-order valence-corrected chi connectivity index (χ3v) is 1.77. The van der Waals surface area contributed by atoms with Crippen molar-refractivity contribution in [3.63, 3.8) is 0 Å². The van der Waals surface area contributed by atoms with Gasteiger partial charge in [-0.25, -0.2) is 9.78 Å². The lowest BCUT2D eigenvalue weighted by molar-refractivity contribution is 0.0684. The number of rotatable bonds is 4. The van der Waals surface area contributed by atoms with Crippen molar-refractivity contribution in [3.8, 4) is 0 Å². The first-order chi connectivity index (χ1) is 7.02. The first-order valence-corrected chi connectivity index (χ1v) is 4.38. The van der Waals surface area contributed by atoms with Gasteiger partial charge < -0.3 is 10.0 Å². The largest absolute Gasteiger partial charge is 0.476 e. The van der Waals surface area contributed by atoms with E-state index in [1.807, 2.05) is 0 Å². The lowest BCUT2D eigenvalue weighted by Gasteiger charge is -2.09. The van der Waals surface area contributed by atoms with Gasteiger partial charge >= 0.3 is 5.97 Å². The zero-order valence-corrected chi connectivity index (χ0v) is 8.60. The van der Waals surface area contributed by atoms with E-state index in [0.29, 0.717) is 0 Å². The van der Waals surface area contributed by atoms with E-state index in [0.717, 1.165) is 0 Å². The molecule has 0 bridgehead atoms. The summed E-state index contributed by atoms with van der Waals surface area (Å²) in [5.74, 6) is -1.43. The van der Waals surface area contributed by atoms with Crippen molar-refractivity contribution < 1.29 is 14.7 Å². The first kappa shape index (κ1) is 11.3. The van der Waals surface area contributed by atoms with Gasteiger partial charge in [0.25, 0.3) is 0 Å². The number of hydrogen-bond acceptors (Lipinski definition) is 4. The predicted molar refractivity (Wildman–Crippen MR) is 54.1 cm³/mol. The van der Waals surface area contributed by atoms with E-state index < -0.39 is 5.97 Å². The van der Waals surface area contributed by atoms with Crippen molar-refractivity contribution >= 4 is 11.8 Å². The van der Waals surface area contributed by atoms with Gasteiger partial charge in [-0.1, -0.05) is 0 Å². The number of nitrogens with zero attached hydrogens (tertiary/aromatic N) is 2. The van der Waals surface area contributed by atoms with Crippen molar-refractivity contribution in [2.24, 2.45) is 0 Å². The number of carboxylic acid groups (broad SMARTS) is 1. The molecule has 0 saturated heterocycles. The van der Waals surface area contributed by atoms with E-state index in [1.54, 1.807) is 25.1 Å². The van der Waals surface area contributed by atoms with Crippen LogP contribution in [0.5, 0.6) is 0 Å². The zero-order chi connectivity index (χ0) is 11.4. The Kier molecular flexibility index (Phi) is 3.51. The van der Waals surface area contributed by atoms with Gasteiger partial charge in [0.1, 0.15) is 0 Å². The number of aromatic nitrogens is 1. The summed E-state index contributed by atoms with van der Waals surface area (Å²) in [7, 11) is 3.49. The molecule has 80 valence electrons. The molecule has 0 aromatic carbocycles. The normalized spacial score (nSPS) is 10.3. The number of hydrogen-bond donors (Lipinski definition) is 1. The molecule has 0 amide bonds. The average Bonchev–Trinajstić information content (AvgIpc) is 2.16. The van der Waals surface area contributed by atoms with Crippen LogP contribution in [0, 0.1) is 0 Å². The number of carbonyl (C=O) groups is 2. The maximum Gasteiger partial charge on any atom is 0.355 e. The summed E-state index contributed by atoms with van der Waals surface area (Å²) in [5.41, 5.74) is -0.0388. The number of carbonyl (C=O) groups excluding carboxylic acids is 1. The second-order valence-corrected chi connectivity index (χ2v) is 3.37. The Morgan fingerprint density at radius 1 is 1.47 bits per heavy atom. The third kappa shape index (κ3) is 2.85. The van der Waals surface area contributed by atoms with Crippen molar-refractivity contribution in [2.75, 3.05) is 20.6 Å². The Bertz CT molecular complexity index is 388. The number of aromatic carboxylic acids is 1. The van der Waals surface area contributed by atoms with E-state index >= 15 is 0 Å². The summed E-state index contributed by atoms with van der Waals surface area (Å²) in [4.78, 5) is 27.8. The van der Waals surface area contributed by atoms with Crippen LogP contribution in [0.4, 0.5) is 0 Å². The first-order valence-electron chi connectivity index (χ1n) is 4.38. The van der Waals surface area contributed by atoms with Crippen LogP contribution in [-0.4, -0.2) is 47.4 Å². The Morgan fingerprint density at radius 3 is 2.67 bits per heavy atom. The van der Waals surface area contributed by atoms with Crippen LogP contribution in [-0.2, 0) is 0 Å². The van der Waals surface area contributed by atoms with Crippen molar-refractivity contribution in [2.45, 2.75) is 0 Å².